The highest BCUT2D eigenvalue weighted by Gasteiger charge is 2.19. The van der Waals surface area contributed by atoms with E-state index in [4.69, 9.17) is 9.47 Å². The molecule has 142 valence electrons. The van der Waals surface area contributed by atoms with Gasteiger partial charge in [-0.3, -0.25) is 30.6 Å². The van der Waals surface area contributed by atoms with Gasteiger partial charge in [-0.1, -0.05) is 25.1 Å². The number of nitrogens with zero attached hydrogens (tertiary/aromatic N) is 1. The van der Waals surface area contributed by atoms with Gasteiger partial charge in [-0.05, 0) is 30.7 Å². The molecule has 1 unspecified atom stereocenters. The van der Waals surface area contributed by atoms with Crippen LogP contribution in [0.4, 0.5) is 5.69 Å². The monoisotopic (exact) mass is 373 g/mol. The summed E-state index contributed by atoms with van der Waals surface area (Å²) in [5.74, 6) is -0.241. The maximum atomic E-state index is 12.1. The molecule has 0 aliphatic carbocycles. The highest BCUT2D eigenvalue weighted by Crippen LogP contribution is 2.17. The second-order valence-corrected chi connectivity index (χ2v) is 5.40. The van der Waals surface area contributed by atoms with Crippen LogP contribution in [0.5, 0.6) is 11.5 Å². The van der Waals surface area contributed by atoms with Crippen LogP contribution >= 0.6 is 0 Å². The fourth-order valence-corrected chi connectivity index (χ4v) is 2.05. The van der Waals surface area contributed by atoms with E-state index in [0.29, 0.717) is 17.9 Å². The van der Waals surface area contributed by atoms with Crippen LogP contribution in [0.2, 0.25) is 0 Å². The molecule has 2 N–H and O–H groups in total. The highest BCUT2D eigenvalue weighted by atomic mass is 16.6. The molecule has 0 spiro atoms. The van der Waals surface area contributed by atoms with Crippen molar-refractivity contribution in [2.45, 2.75) is 19.4 Å². The van der Waals surface area contributed by atoms with E-state index in [2.05, 4.69) is 10.9 Å². The maximum Gasteiger partial charge on any atom is 0.279 e. The smallest absolute Gasteiger partial charge is 0.279 e. The van der Waals surface area contributed by atoms with Crippen LogP contribution in [0.1, 0.15) is 13.3 Å². The molecule has 27 heavy (non-hydrogen) atoms. The zero-order valence-electron chi connectivity index (χ0n) is 14.6. The number of hydrogen-bond acceptors (Lipinski definition) is 6. The number of carbonyl (C=O) groups excluding carboxylic acids is 2. The minimum Gasteiger partial charge on any atom is -0.484 e. The average Bonchev–Trinajstić information content (AvgIpc) is 2.69. The molecule has 0 heterocycles. The molecule has 2 aromatic rings. The molecule has 0 fully saturated rings. The molecule has 0 aliphatic rings. The van der Waals surface area contributed by atoms with Gasteiger partial charge in [-0.2, -0.15) is 0 Å². The molecule has 0 aliphatic heterocycles. The zero-order valence-corrected chi connectivity index (χ0v) is 14.6. The Morgan fingerprint density at radius 3 is 2.30 bits per heavy atom. The summed E-state index contributed by atoms with van der Waals surface area (Å²) in [5.41, 5.74) is 4.43. The first kappa shape index (κ1) is 19.7. The predicted octanol–water partition coefficient (Wildman–Crippen LogP) is 1.98. The second-order valence-electron chi connectivity index (χ2n) is 5.40. The minimum absolute atomic E-state index is 0.0805. The first-order valence-electron chi connectivity index (χ1n) is 8.17. The number of hydrogen-bond donors (Lipinski definition) is 2. The Morgan fingerprint density at radius 2 is 1.70 bits per heavy atom. The number of nitro groups is 1. The maximum absolute atomic E-state index is 12.1. The number of non-ortho nitro benzene ring substituents is 1. The van der Waals surface area contributed by atoms with Gasteiger partial charge in [0.25, 0.3) is 17.5 Å². The van der Waals surface area contributed by atoms with Crippen LogP contribution in [-0.2, 0) is 9.59 Å². The first-order chi connectivity index (χ1) is 13.0. The highest BCUT2D eigenvalue weighted by molar-refractivity contribution is 5.85. The van der Waals surface area contributed by atoms with E-state index >= 15 is 0 Å². The van der Waals surface area contributed by atoms with E-state index < -0.39 is 22.8 Å². The number of carbonyl (C=O) groups is 2. The van der Waals surface area contributed by atoms with Crippen LogP contribution in [0.25, 0.3) is 0 Å². The van der Waals surface area contributed by atoms with Crippen LogP contribution in [0.15, 0.2) is 54.6 Å². The Hall–Kier alpha value is -3.62. The van der Waals surface area contributed by atoms with Crippen molar-refractivity contribution in [3.8, 4) is 11.5 Å². The SMILES string of the molecule is CCC(Oc1ccccc1)C(=O)NNC(=O)COc1ccc([N+](=O)[O-])cc1. The van der Waals surface area contributed by atoms with Gasteiger partial charge in [0.1, 0.15) is 11.5 Å². The Labute approximate surface area is 155 Å². The number of nitrogens with one attached hydrogen (secondary N) is 2. The third-order valence-corrected chi connectivity index (χ3v) is 3.43. The third-order valence-electron chi connectivity index (χ3n) is 3.43. The Balaban J connectivity index is 1.76. The molecule has 0 aromatic heterocycles. The summed E-state index contributed by atoms with van der Waals surface area (Å²) in [5, 5.41) is 10.6. The number of benzene rings is 2. The summed E-state index contributed by atoms with van der Waals surface area (Å²) in [6.45, 7) is 1.42. The standard InChI is InChI=1S/C18H19N3O6/c1-2-16(27-15-6-4-3-5-7-15)18(23)20-19-17(22)12-26-14-10-8-13(9-11-14)21(24)25/h3-11,16H,2,12H2,1H3,(H,19,22)(H,20,23). The van der Waals surface area contributed by atoms with Crippen molar-refractivity contribution in [3.63, 3.8) is 0 Å². The number of nitro benzene ring substituents is 1. The van der Waals surface area contributed by atoms with Gasteiger partial charge in [-0.15, -0.1) is 0 Å². The van der Waals surface area contributed by atoms with Gasteiger partial charge in [0.2, 0.25) is 0 Å². The van der Waals surface area contributed by atoms with Crippen molar-refractivity contribution in [1.29, 1.82) is 0 Å². The molecule has 2 amide bonds. The molecule has 0 saturated carbocycles. The quantitative estimate of drug-likeness (QED) is 0.539. The lowest BCUT2D eigenvalue weighted by molar-refractivity contribution is -0.384. The van der Waals surface area contributed by atoms with Gasteiger partial charge in [0.05, 0.1) is 4.92 Å². The van der Waals surface area contributed by atoms with Crippen molar-refractivity contribution < 1.29 is 24.0 Å². The summed E-state index contributed by atoms with van der Waals surface area (Å²) < 4.78 is 10.8. The number of ether oxygens (including phenoxy) is 2. The average molecular weight is 373 g/mol. The Bertz CT molecular complexity index is 779. The Kier molecular flexibility index (Phi) is 7.12. The fraction of sp³-hybridized carbons (Fsp3) is 0.222. The molecular weight excluding hydrogens is 354 g/mol. The van der Waals surface area contributed by atoms with Crippen molar-refractivity contribution in [2.75, 3.05) is 6.61 Å². The number of para-hydroxylation sites is 1. The van der Waals surface area contributed by atoms with Crippen LogP contribution in [0.3, 0.4) is 0 Å². The van der Waals surface area contributed by atoms with Crippen molar-refractivity contribution >= 4 is 17.5 Å². The summed E-state index contributed by atoms with van der Waals surface area (Å²) in [4.78, 5) is 33.9. The fourth-order valence-electron chi connectivity index (χ4n) is 2.05. The van der Waals surface area contributed by atoms with Crippen molar-refractivity contribution in [2.24, 2.45) is 0 Å². The van der Waals surface area contributed by atoms with Crippen LogP contribution < -0.4 is 20.3 Å². The molecular formula is C18H19N3O6. The van der Waals surface area contributed by atoms with Crippen molar-refractivity contribution in [1.82, 2.24) is 10.9 Å². The van der Waals surface area contributed by atoms with Gasteiger partial charge in [0.15, 0.2) is 12.7 Å². The van der Waals surface area contributed by atoms with E-state index in [1.54, 1.807) is 31.2 Å². The second kappa shape index (κ2) is 9.76. The molecule has 0 radical (unpaired) electrons. The Morgan fingerprint density at radius 1 is 1.04 bits per heavy atom. The summed E-state index contributed by atoms with van der Waals surface area (Å²) in [7, 11) is 0. The van der Waals surface area contributed by atoms with E-state index in [9.17, 15) is 19.7 Å². The van der Waals surface area contributed by atoms with Crippen molar-refractivity contribution in [3.05, 3.63) is 64.7 Å². The number of rotatable bonds is 8. The number of amides is 2. The molecule has 0 bridgehead atoms. The molecule has 2 rings (SSSR count). The summed E-state index contributed by atoms with van der Waals surface area (Å²) >= 11 is 0. The van der Waals surface area contributed by atoms with Crippen LogP contribution in [-0.4, -0.2) is 29.4 Å². The van der Waals surface area contributed by atoms with Gasteiger partial charge in [-0.25, -0.2) is 0 Å². The molecule has 1 atom stereocenters. The molecule has 2 aromatic carbocycles. The lowest BCUT2D eigenvalue weighted by atomic mass is 10.2. The minimum atomic E-state index is -0.761. The first-order valence-corrected chi connectivity index (χ1v) is 8.17. The van der Waals surface area contributed by atoms with E-state index in [0.717, 1.165) is 0 Å². The summed E-state index contributed by atoms with van der Waals surface area (Å²) in [6.07, 6.45) is -0.348. The third kappa shape index (κ3) is 6.31. The molecule has 0 saturated heterocycles. The summed E-state index contributed by atoms with van der Waals surface area (Å²) in [6, 6.07) is 14.2. The van der Waals surface area contributed by atoms with Crippen LogP contribution in [0, 0.1) is 10.1 Å². The molecule has 9 nitrogen and oxygen atoms in total. The normalized spacial score (nSPS) is 11.1. The van der Waals surface area contributed by atoms with E-state index in [1.165, 1.54) is 24.3 Å². The lowest BCUT2D eigenvalue weighted by Crippen LogP contribution is -2.49. The largest absolute Gasteiger partial charge is 0.484 e. The topological polar surface area (TPSA) is 120 Å². The predicted molar refractivity (Wildman–Crippen MR) is 96.0 cm³/mol. The zero-order chi connectivity index (χ0) is 19.6. The lowest BCUT2D eigenvalue weighted by Gasteiger charge is -2.17. The van der Waals surface area contributed by atoms with E-state index in [-0.39, 0.29) is 12.3 Å². The van der Waals surface area contributed by atoms with E-state index in [1.807, 2.05) is 6.07 Å². The molecule has 9 heteroatoms. The van der Waals surface area contributed by atoms with Gasteiger partial charge in [0, 0.05) is 12.1 Å². The number of hydrazine groups is 1. The van der Waals surface area contributed by atoms with Gasteiger partial charge >= 0.3 is 0 Å². The van der Waals surface area contributed by atoms with Gasteiger partial charge < -0.3 is 9.47 Å².